The largest absolute Gasteiger partial charge is 0.486 e. The first-order chi connectivity index (χ1) is 15.5. The molecule has 1 amide bonds. The van der Waals surface area contributed by atoms with Crippen LogP contribution in [0.25, 0.3) is 10.8 Å². The molecule has 32 heavy (non-hydrogen) atoms. The summed E-state index contributed by atoms with van der Waals surface area (Å²) in [5, 5.41) is 10.2. The van der Waals surface area contributed by atoms with Gasteiger partial charge in [0.05, 0.1) is 22.0 Å². The van der Waals surface area contributed by atoms with Gasteiger partial charge in [0.2, 0.25) is 5.89 Å². The van der Waals surface area contributed by atoms with Crippen molar-refractivity contribution in [2.45, 2.75) is 19.9 Å². The lowest BCUT2D eigenvalue weighted by Gasteiger charge is -2.21. The Morgan fingerprint density at radius 2 is 2.09 bits per heavy atom. The lowest BCUT2D eigenvalue weighted by Crippen LogP contribution is -2.35. The Bertz CT molecular complexity index is 1100. The van der Waals surface area contributed by atoms with Gasteiger partial charge < -0.3 is 23.5 Å². The molecule has 168 valence electrons. The molecule has 0 aliphatic carbocycles. The standard InChI is InChI=1S/C21H20ClN3O6S/c1-2-5-25(11-17-23-24-20(31-17)16-4-3-8-32-16)18(26)12-30-21(27)13-9-14(22)19-15(10-13)28-6-7-29-19/h3-4,8-10H,2,5-7,11-12H2,1H3. The van der Waals surface area contributed by atoms with E-state index >= 15 is 0 Å². The monoisotopic (exact) mass is 477 g/mol. The number of aromatic nitrogens is 2. The maximum absolute atomic E-state index is 12.7. The van der Waals surface area contributed by atoms with Crippen LogP contribution in [0, 0.1) is 0 Å². The number of rotatable bonds is 8. The molecule has 0 spiro atoms. The van der Waals surface area contributed by atoms with Crippen molar-refractivity contribution in [3.8, 4) is 22.3 Å². The van der Waals surface area contributed by atoms with E-state index < -0.39 is 12.6 Å². The van der Waals surface area contributed by atoms with Gasteiger partial charge in [0, 0.05) is 6.54 Å². The number of carbonyl (C=O) groups excluding carboxylic acids is 2. The van der Waals surface area contributed by atoms with Crippen molar-refractivity contribution < 1.29 is 28.2 Å². The second-order valence-electron chi connectivity index (χ2n) is 6.85. The summed E-state index contributed by atoms with van der Waals surface area (Å²) in [5.41, 5.74) is 0.173. The lowest BCUT2D eigenvalue weighted by molar-refractivity contribution is -0.135. The molecule has 1 aromatic carbocycles. The quantitative estimate of drug-likeness (QED) is 0.451. The van der Waals surface area contributed by atoms with Gasteiger partial charge in [0.1, 0.15) is 13.2 Å². The number of hydrogen-bond donors (Lipinski definition) is 0. The Morgan fingerprint density at radius 1 is 1.25 bits per heavy atom. The molecule has 11 heteroatoms. The predicted octanol–water partition coefficient (Wildman–Crippen LogP) is 3.82. The molecule has 2 aromatic heterocycles. The first kappa shape index (κ1) is 22.1. The predicted molar refractivity (Wildman–Crippen MR) is 116 cm³/mol. The molecule has 0 unspecified atom stereocenters. The van der Waals surface area contributed by atoms with E-state index in [9.17, 15) is 9.59 Å². The number of ether oxygens (including phenoxy) is 3. The van der Waals surface area contributed by atoms with Crippen LogP contribution in [0.4, 0.5) is 0 Å². The van der Waals surface area contributed by atoms with Crippen molar-refractivity contribution in [3.63, 3.8) is 0 Å². The summed E-state index contributed by atoms with van der Waals surface area (Å²) < 4.78 is 21.8. The average molecular weight is 478 g/mol. The van der Waals surface area contributed by atoms with Gasteiger partial charge in [-0.1, -0.05) is 24.6 Å². The van der Waals surface area contributed by atoms with Gasteiger partial charge in [-0.05, 0) is 30.0 Å². The fourth-order valence-corrected chi connectivity index (χ4v) is 3.98. The molecule has 0 fully saturated rings. The Balaban J connectivity index is 1.38. The smallest absolute Gasteiger partial charge is 0.338 e. The average Bonchev–Trinajstić information content (AvgIpc) is 3.49. The number of fused-ring (bicyclic) bond motifs is 1. The minimum Gasteiger partial charge on any atom is -0.486 e. The fourth-order valence-electron chi connectivity index (χ4n) is 3.07. The van der Waals surface area contributed by atoms with Crippen molar-refractivity contribution in [3.05, 3.63) is 46.1 Å². The van der Waals surface area contributed by atoms with Crippen molar-refractivity contribution in [2.75, 3.05) is 26.4 Å². The van der Waals surface area contributed by atoms with Gasteiger partial charge >= 0.3 is 5.97 Å². The highest BCUT2D eigenvalue weighted by Crippen LogP contribution is 2.38. The van der Waals surface area contributed by atoms with E-state index in [1.54, 1.807) is 0 Å². The van der Waals surface area contributed by atoms with Crippen LogP contribution in [0.15, 0.2) is 34.1 Å². The minimum absolute atomic E-state index is 0.123. The van der Waals surface area contributed by atoms with Crippen LogP contribution in [-0.4, -0.2) is 53.3 Å². The van der Waals surface area contributed by atoms with Crippen LogP contribution < -0.4 is 9.47 Å². The molecular weight excluding hydrogens is 458 g/mol. The summed E-state index contributed by atoms with van der Waals surface area (Å²) >= 11 is 7.65. The number of nitrogens with zero attached hydrogens (tertiary/aromatic N) is 3. The van der Waals surface area contributed by atoms with Crippen LogP contribution in [0.1, 0.15) is 29.6 Å². The van der Waals surface area contributed by atoms with E-state index in [0.29, 0.717) is 49.5 Å². The third-order valence-electron chi connectivity index (χ3n) is 4.53. The SMILES string of the molecule is CCCN(Cc1nnc(-c2cccs2)o1)C(=O)COC(=O)c1cc(Cl)c2c(c1)OCCO2. The van der Waals surface area contributed by atoms with E-state index in [1.165, 1.54) is 28.4 Å². The number of esters is 1. The lowest BCUT2D eigenvalue weighted by atomic mass is 10.2. The van der Waals surface area contributed by atoms with E-state index in [0.717, 1.165) is 4.88 Å². The Kier molecular flexibility index (Phi) is 6.91. The molecule has 4 rings (SSSR count). The second kappa shape index (κ2) is 10.0. The van der Waals surface area contributed by atoms with Gasteiger partial charge in [-0.3, -0.25) is 4.79 Å². The van der Waals surface area contributed by atoms with Gasteiger partial charge in [0.25, 0.3) is 11.8 Å². The first-order valence-electron chi connectivity index (χ1n) is 9.95. The summed E-state index contributed by atoms with van der Waals surface area (Å²) in [7, 11) is 0. The highest BCUT2D eigenvalue weighted by Gasteiger charge is 2.22. The van der Waals surface area contributed by atoms with Crippen LogP contribution in [0.3, 0.4) is 0 Å². The highest BCUT2D eigenvalue weighted by molar-refractivity contribution is 7.13. The first-order valence-corrected chi connectivity index (χ1v) is 11.2. The van der Waals surface area contributed by atoms with E-state index in [2.05, 4.69) is 10.2 Å². The molecule has 0 bridgehead atoms. The van der Waals surface area contributed by atoms with E-state index in [4.69, 9.17) is 30.2 Å². The molecule has 3 aromatic rings. The van der Waals surface area contributed by atoms with Crippen LogP contribution >= 0.6 is 22.9 Å². The molecule has 0 radical (unpaired) electrons. The molecule has 0 N–H and O–H groups in total. The minimum atomic E-state index is -0.688. The number of carbonyl (C=O) groups is 2. The van der Waals surface area contributed by atoms with Crippen LogP contribution in [0.2, 0.25) is 5.02 Å². The van der Waals surface area contributed by atoms with Crippen molar-refractivity contribution in [1.82, 2.24) is 15.1 Å². The molecule has 0 saturated carbocycles. The molecule has 1 aliphatic heterocycles. The number of benzene rings is 1. The zero-order valence-electron chi connectivity index (χ0n) is 17.2. The van der Waals surface area contributed by atoms with Gasteiger partial charge in [-0.25, -0.2) is 4.79 Å². The summed E-state index contributed by atoms with van der Waals surface area (Å²) in [4.78, 5) is 27.5. The second-order valence-corrected chi connectivity index (χ2v) is 8.21. The Hall–Kier alpha value is -3.11. The van der Waals surface area contributed by atoms with Crippen LogP contribution in [0.5, 0.6) is 11.5 Å². The van der Waals surface area contributed by atoms with Crippen molar-refractivity contribution in [1.29, 1.82) is 0 Å². The maximum Gasteiger partial charge on any atom is 0.338 e. The van der Waals surface area contributed by atoms with E-state index in [1.807, 2.05) is 24.4 Å². The third-order valence-corrected chi connectivity index (χ3v) is 5.67. The molecular formula is C21H20ClN3O6S. The van der Waals surface area contributed by atoms with Gasteiger partial charge in [0.15, 0.2) is 18.1 Å². The number of hydrogen-bond acceptors (Lipinski definition) is 9. The zero-order chi connectivity index (χ0) is 22.5. The zero-order valence-corrected chi connectivity index (χ0v) is 18.8. The molecule has 1 aliphatic rings. The van der Waals surface area contributed by atoms with Gasteiger partial charge in [-0.15, -0.1) is 21.5 Å². The summed E-state index contributed by atoms with van der Waals surface area (Å²) in [6.45, 7) is 2.82. The normalized spacial score (nSPS) is 12.4. The van der Waals surface area contributed by atoms with E-state index in [-0.39, 0.29) is 23.0 Å². The Labute approximate surface area is 192 Å². The summed E-state index contributed by atoms with van der Waals surface area (Å²) in [6.07, 6.45) is 0.712. The Morgan fingerprint density at radius 3 is 2.88 bits per heavy atom. The number of thiophene rings is 1. The molecule has 0 atom stereocenters. The van der Waals surface area contributed by atoms with Crippen molar-refractivity contribution in [2.24, 2.45) is 0 Å². The summed E-state index contributed by atoms with van der Waals surface area (Å²) in [5.74, 6) is 0.404. The van der Waals surface area contributed by atoms with Crippen molar-refractivity contribution >= 4 is 34.8 Å². The van der Waals surface area contributed by atoms with Gasteiger partial charge in [-0.2, -0.15) is 0 Å². The third kappa shape index (κ3) is 5.03. The molecule has 9 nitrogen and oxygen atoms in total. The topological polar surface area (TPSA) is 104 Å². The maximum atomic E-state index is 12.7. The highest BCUT2D eigenvalue weighted by atomic mass is 35.5. The number of amides is 1. The fraction of sp³-hybridized carbons (Fsp3) is 0.333. The molecule has 0 saturated heterocycles. The number of halogens is 1. The van der Waals surface area contributed by atoms with Crippen LogP contribution in [-0.2, 0) is 16.1 Å². The molecule has 3 heterocycles. The summed E-state index contributed by atoms with van der Waals surface area (Å²) in [6, 6.07) is 6.68.